The van der Waals surface area contributed by atoms with E-state index in [9.17, 15) is 36.6 Å². The summed E-state index contributed by atoms with van der Waals surface area (Å²) in [5.74, 6) is -14.7. The van der Waals surface area contributed by atoms with Gasteiger partial charge in [0.15, 0.2) is 23.3 Å². The quantitative estimate of drug-likeness (QED) is 0.104. The molecule has 0 bridgehead atoms. The lowest BCUT2D eigenvalue weighted by Gasteiger charge is -2.13. The number of aliphatic hydroxyl groups excluding tert-OH is 1. The molecule has 1 fully saturated rings. The van der Waals surface area contributed by atoms with Crippen molar-refractivity contribution >= 4 is 11.8 Å². The van der Waals surface area contributed by atoms with Crippen molar-refractivity contribution in [3.05, 3.63) is 46.4 Å². The van der Waals surface area contributed by atoms with Gasteiger partial charge in [-0.05, 0) is 19.8 Å². The summed E-state index contributed by atoms with van der Waals surface area (Å²) in [4.78, 5) is 24.3. The molecule has 1 saturated carbocycles. The Kier molecular flexibility index (Phi) is 6.19. The number of aliphatic hydroxyl groups is 1. The lowest BCUT2D eigenvalue weighted by Crippen LogP contribution is -2.26. The molecule has 2 N–H and O–H groups in total. The highest BCUT2D eigenvalue weighted by Gasteiger charge is 2.41. The highest BCUT2D eigenvalue weighted by molar-refractivity contribution is 6.24. The van der Waals surface area contributed by atoms with Gasteiger partial charge in [-0.15, -0.1) is 0 Å². The lowest BCUT2D eigenvalue weighted by molar-refractivity contribution is -0.138. The zero-order valence-corrected chi connectivity index (χ0v) is 14.2. The third kappa shape index (κ3) is 4.10. The number of Topliss-reactive ketones (excluding diaryl/α,β-unsaturated/α-hetero) is 1. The van der Waals surface area contributed by atoms with E-state index in [4.69, 9.17) is 0 Å². The van der Waals surface area contributed by atoms with Crippen LogP contribution in [0.4, 0.5) is 22.0 Å². The molecule has 2 rings (SSSR count). The number of rotatable bonds is 8. The van der Waals surface area contributed by atoms with E-state index in [1.807, 2.05) is 0 Å². The van der Waals surface area contributed by atoms with Crippen LogP contribution in [-0.2, 0) is 9.53 Å². The molecule has 0 heterocycles. The van der Waals surface area contributed by atoms with Crippen LogP contribution in [0.15, 0.2) is 11.8 Å². The van der Waals surface area contributed by atoms with Gasteiger partial charge in [0.05, 0.1) is 13.2 Å². The van der Waals surface area contributed by atoms with Gasteiger partial charge in [-0.25, -0.2) is 26.7 Å². The summed E-state index contributed by atoms with van der Waals surface area (Å²) in [6.45, 7) is 1.18. The summed E-state index contributed by atoms with van der Waals surface area (Å²) < 4.78 is 72.2. The largest absolute Gasteiger partial charge is 0.462 e. The molecule has 1 aliphatic rings. The summed E-state index contributed by atoms with van der Waals surface area (Å²) >= 11 is 0. The van der Waals surface area contributed by atoms with Crippen LogP contribution >= 0.6 is 0 Å². The summed E-state index contributed by atoms with van der Waals surface area (Å²) in [5.41, 5.74) is -3.13. The first-order valence-corrected chi connectivity index (χ1v) is 7.96. The van der Waals surface area contributed by atoms with E-state index >= 15 is 0 Å². The normalized spacial score (nSPS) is 15.4. The predicted octanol–water partition coefficient (Wildman–Crippen LogP) is 2.37. The molecular weight excluding hydrogens is 377 g/mol. The van der Waals surface area contributed by atoms with Gasteiger partial charge in [-0.2, -0.15) is 0 Å². The Hall–Kier alpha value is -2.49. The molecule has 0 atom stereocenters. The Labute approximate surface area is 150 Å². The van der Waals surface area contributed by atoms with Gasteiger partial charge in [0, 0.05) is 18.2 Å². The minimum Gasteiger partial charge on any atom is -0.462 e. The van der Waals surface area contributed by atoms with Gasteiger partial charge in [0.1, 0.15) is 11.1 Å². The van der Waals surface area contributed by atoms with E-state index in [1.165, 1.54) is 6.92 Å². The molecular formula is C17H16F5NO4. The monoisotopic (exact) mass is 393 g/mol. The average Bonchev–Trinajstić information content (AvgIpc) is 3.42. The van der Waals surface area contributed by atoms with Crippen molar-refractivity contribution in [3.63, 3.8) is 0 Å². The van der Waals surface area contributed by atoms with Crippen molar-refractivity contribution in [1.82, 2.24) is 5.32 Å². The van der Waals surface area contributed by atoms with Gasteiger partial charge < -0.3 is 15.2 Å². The molecule has 0 aromatic heterocycles. The SMILES string of the molecule is CCOC(=O)C(=CNCC1(CO)CC1)C(=O)c1c(F)c(F)c(F)c(F)c1F. The summed E-state index contributed by atoms with van der Waals surface area (Å²) in [6.07, 6.45) is 2.16. The number of benzene rings is 1. The van der Waals surface area contributed by atoms with E-state index in [0.29, 0.717) is 12.8 Å². The first kappa shape index (κ1) is 20.8. The molecule has 1 aromatic carbocycles. The number of carbonyl (C=O) groups excluding carboxylic acids is 2. The molecule has 0 aliphatic heterocycles. The maximum Gasteiger partial charge on any atom is 0.343 e. The van der Waals surface area contributed by atoms with Crippen LogP contribution in [0, 0.1) is 34.5 Å². The fraction of sp³-hybridized carbons (Fsp3) is 0.412. The highest BCUT2D eigenvalue weighted by Crippen LogP contribution is 2.44. The molecule has 5 nitrogen and oxygen atoms in total. The van der Waals surface area contributed by atoms with Crippen molar-refractivity contribution in [3.8, 4) is 0 Å². The van der Waals surface area contributed by atoms with Gasteiger partial charge in [-0.1, -0.05) is 0 Å². The number of ketones is 1. The molecule has 27 heavy (non-hydrogen) atoms. The van der Waals surface area contributed by atoms with Crippen LogP contribution < -0.4 is 5.32 Å². The molecule has 0 radical (unpaired) electrons. The van der Waals surface area contributed by atoms with Crippen molar-refractivity contribution < 1.29 is 41.4 Å². The molecule has 0 amide bonds. The Balaban J connectivity index is 2.41. The zero-order chi connectivity index (χ0) is 20.4. The predicted molar refractivity (Wildman–Crippen MR) is 82.0 cm³/mol. The second kappa shape index (κ2) is 8.03. The highest BCUT2D eigenvalue weighted by atomic mass is 19.2. The number of halogens is 5. The number of ether oxygens (including phenoxy) is 1. The molecule has 1 aliphatic carbocycles. The summed E-state index contributed by atoms with van der Waals surface area (Å²) in [5, 5.41) is 11.8. The second-order valence-electron chi connectivity index (χ2n) is 6.09. The maximum atomic E-state index is 13.9. The fourth-order valence-corrected chi connectivity index (χ4v) is 2.30. The van der Waals surface area contributed by atoms with Gasteiger partial charge >= 0.3 is 5.97 Å². The van der Waals surface area contributed by atoms with Crippen LogP contribution in [0.25, 0.3) is 0 Å². The second-order valence-corrected chi connectivity index (χ2v) is 6.09. The fourth-order valence-electron chi connectivity index (χ4n) is 2.30. The van der Waals surface area contributed by atoms with Gasteiger partial charge in [-0.3, -0.25) is 4.79 Å². The smallest absolute Gasteiger partial charge is 0.343 e. The van der Waals surface area contributed by atoms with E-state index in [0.717, 1.165) is 6.20 Å². The topological polar surface area (TPSA) is 75.6 Å². The van der Waals surface area contributed by atoms with Crippen LogP contribution in [0.3, 0.4) is 0 Å². The zero-order valence-electron chi connectivity index (χ0n) is 14.2. The number of hydrogen-bond acceptors (Lipinski definition) is 5. The number of nitrogens with one attached hydrogen (secondary N) is 1. The average molecular weight is 393 g/mol. The van der Waals surface area contributed by atoms with E-state index in [1.54, 1.807) is 0 Å². The van der Waals surface area contributed by atoms with E-state index in [-0.39, 0.29) is 19.8 Å². The van der Waals surface area contributed by atoms with Gasteiger partial charge in [0.2, 0.25) is 11.6 Å². The summed E-state index contributed by atoms with van der Waals surface area (Å²) in [7, 11) is 0. The Morgan fingerprint density at radius 3 is 2.04 bits per heavy atom. The third-order valence-electron chi connectivity index (χ3n) is 4.19. The van der Waals surface area contributed by atoms with Crippen molar-refractivity contribution in [1.29, 1.82) is 0 Å². The van der Waals surface area contributed by atoms with Crippen LogP contribution in [0.2, 0.25) is 0 Å². The first-order chi connectivity index (χ1) is 12.7. The Morgan fingerprint density at radius 2 is 1.59 bits per heavy atom. The van der Waals surface area contributed by atoms with Crippen molar-refractivity contribution in [2.45, 2.75) is 19.8 Å². The molecule has 148 valence electrons. The maximum absolute atomic E-state index is 13.9. The molecule has 10 heteroatoms. The van der Waals surface area contributed by atoms with E-state index in [2.05, 4.69) is 10.1 Å². The Morgan fingerprint density at radius 1 is 1.07 bits per heavy atom. The van der Waals surface area contributed by atoms with Crippen LogP contribution in [-0.4, -0.2) is 36.6 Å². The van der Waals surface area contributed by atoms with Crippen molar-refractivity contribution in [2.75, 3.05) is 19.8 Å². The van der Waals surface area contributed by atoms with E-state index < -0.39 is 57.4 Å². The molecule has 0 unspecified atom stereocenters. The van der Waals surface area contributed by atoms with Crippen LogP contribution in [0.5, 0.6) is 0 Å². The van der Waals surface area contributed by atoms with Gasteiger partial charge in [0.25, 0.3) is 0 Å². The molecule has 0 spiro atoms. The Bertz CT molecular complexity index is 776. The number of carbonyl (C=O) groups is 2. The minimum absolute atomic E-state index is 0.136. The number of hydrogen-bond donors (Lipinski definition) is 2. The standard InChI is InChI=1S/C17H16F5NO4/c1-2-27-16(26)8(5-23-6-17(7-24)3-4-17)15(25)9-10(18)12(20)14(22)13(21)11(9)19/h5,23-24H,2-4,6-7H2,1H3. The molecule has 0 saturated heterocycles. The van der Waals surface area contributed by atoms with Crippen LogP contribution in [0.1, 0.15) is 30.1 Å². The first-order valence-electron chi connectivity index (χ1n) is 7.96. The van der Waals surface area contributed by atoms with Crippen molar-refractivity contribution in [2.24, 2.45) is 5.41 Å². The summed E-state index contributed by atoms with van der Waals surface area (Å²) in [6, 6.07) is 0. The molecule has 1 aromatic rings. The third-order valence-corrected chi connectivity index (χ3v) is 4.19. The minimum atomic E-state index is -2.42. The number of esters is 1. The lowest BCUT2D eigenvalue weighted by atomic mass is 10.0.